The van der Waals surface area contributed by atoms with Crippen molar-refractivity contribution in [2.24, 2.45) is 0 Å². The highest BCUT2D eigenvalue weighted by atomic mass is 16.5. The molecule has 13 rings (SSSR count). The molecule has 10 aromatic rings. The predicted molar refractivity (Wildman–Crippen MR) is 249 cm³/mol. The smallest absolute Gasteiger partial charge is 0.143 e. The third-order valence-corrected chi connectivity index (χ3v) is 13.7. The highest BCUT2D eigenvalue weighted by molar-refractivity contribution is 6.17. The predicted octanol–water partition coefficient (Wildman–Crippen LogP) is 15.5. The van der Waals surface area contributed by atoms with Crippen molar-refractivity contribution in [3.8, 4) is 44.9 Å². The van der Waals surface area contributed by atoms with E-state index in [9.17, 15) is 0 Å². The Labute approximate surface area is 354 Å². The Morgan fingerprint density at radius 3 is 1.80 bits per heavy atom. The fourth-order valence-electron chi connectivity index (χ4n) is 11.1. The molecule has 0 amide bonds. The summed E-state index contributed by atoms with van der Waals surface area (Å²) in [5.74, 6) is 1.77. The molecule has 2 heterocycles. The molecule has 61 heavy (non-hydrogen) atoms. The van der Waals surface area contributed by atoms with Crippen LogP contribution in [0, 0.1) is 0 Å². The SMILES string of the molecule is CC1(C)c2ccccc2-c2ccc(N(c3ccccc3)c3cccc(-c4cccc5oc6c7c(ccc6c45)C4(c5ccccc5Oc5ccccc54)c4ccccc4-7)c3)cc21. The Bertz CT molecular complexity index is 3400. The molecule has 1 aromatic heterocycles. The average Bonchev–Trinajstić information content (AvgIpc) is 3.91. The van der Waals surface area contributed by atoms with Crippen LogP contribution in [0.25, 0.3) is 55.3 Å². The molecule has 3 aliphatic rings. The molecule has 0 unspecified atom stereocenters. The molecule has 0 fully saturated rings. The summed E-state index contributed by atoms with van der Waals surface area (Å²) in [6, 6.07) is 72.6. The van der Waals surface area contributed by atoms with Gasteiger partial charge in [0.25, 0.3) is 0 Å². The van der Waals surface area contributed by atoms with Gasteiger partial charge < -0.3 is 14.1 Å². The van der Waals surface area contributed by atoms with E-state index in [1.165, 1.54) is 38.9 Å². The number of hydrogen-bond donors (Lipinski definition) is 0. The Balaban J connectivity index is 1.00. The van der Waals surface area contributed by atoms with E-state index < -0.39 is 5.41 Å². The number of anilines is 3. The van der Waals surface area contributed by atoms with Crippen molar-refractivity contribution < 1.29 is 9.15 Å². The summed E-state index contributed by atoms with van der Waals surface area (Å²) >= 11 is 0. The average molecular weight is 782 g/mol. The number of fused-ring (bicyclic) bond motifs is 16. The molecular weight excluding hydrogens is 743 g/mol. The molecule has 288 valence electrons. The molecular formula is C58H39NO2. The number of furan rings is 1. The zero-order valence-corrected chi connectivity index (χ0v) is 33.8. The maximum absolute atomic E-state index is 7.09. The largest absolute Gasteiger partial charge is 0.457 e. The lowest BCUT2D eigenvalue weighted by Gasteiger charge is -2.39. The second-order valence-corrected chi connectivity index (χ2v) is 17.2. The first-order valence-corrected chi connectivity index (χ1v) is 21.2. The van der Waals surface area contributed by atoms with Crippen LogP contribution in [0.15, 0.2) is 205 Å². The number of ether oxygens (including phenoxy) is 1. The lowest BCUT2D eigenvalue weighted by atomic mass is 9.66. The summed E-state index contributed by atoms with van der Waals surface area (Å²) in [6.45, 7) is 4.69. The summed E-state index contributed by atoms with van der Waals surface area (Å²) in [5, 5.41) is 2.22. The molecule has 0 N–H and O–H groups in total. The van der Waals surface area contributed by atoms with Gasteiger partial charge in [-0.2, -0.15) is 0 Å². The van der Waals surface area contributed by atoms with E-state index >= 15 is 0 Å². The van der Waals surface area contributed by atoms with Crippen LogP contribution in [0.5, 0.6) is 11.5 Å². The Morgan fingerprint density at radius 2 is 1.02 bits per heavy atom. The summed E-state index contributed by atoms with van der Waals surface area (Å²) in [5.41, 5.74) is 19.2. The molecule has 2 aliphatic carbocycles. The van der Waals surface area contributed by atoms with Gasteiger partial charge in [0.2, 0.25) is 0 Å². The molecule has 1 spiro atoms. The second-order valence-electron chi connectivity index (χ2n) is 17.2. The van der Waals surface area contributed by atoms with E-state index in [0.29, 0.717) is 0 Å². The molecule has 9 aromatic carbocycles. The van der Waals surface area contributed by atoms with Gasteiger partial charge in [0.1, 0.15) is 22.7 Å². The summed E-state index contributed by atoms with van der Waals surface area (Å²) in [6.07, 6.45) is 0. The van der Waals surface area contributed by atoms with Crippen molar-refractivity contribution in [1.29, 1.82) is 0 Å². The van der Waals surface area contributed by atoms with E-state index in [-0.39, 0.29) is 5.41 Å². The van der Waals surface area contributed by atoms with E-state index in [0.717, 1.165) is 78.3 Å². The van der Waals surface area contributed by atoms with Crippen LogP contribution in [-0.2, 0) is 10.8 Å². The fourth-order valence-corrected chi connectivity index (χ4v) is 11.1. The quantitative estimate of drug-likeness (QED) is 0.178. The Morgan fingerprint density at radius 1 is 0.410 bits per heavy atom. The molecule has 3 heteroatoms. The minimum Gasteiger partial charge on any atom is -0.457 e. The first-order chi connectivity index (χ1) is 30.0. The lowest BCUT2D eigenvalue weighted by molar-refractivity contribution is 0.436. The number of rotatable bonds is 4. The standard InChI is InChI=1S/C58H39NO2/c1-57(2)45-23-8-6-20-41(45)42-31-30-39(35-50(42)57)59(37-17-4-3-5-18-37)38-19-14-16-36(34-38)40-22-15-29-53-54(40)44-32-33-49-55(56(44)61-53)43-21-7-9-24-46(43)58(49)47-25-10-12-27-51(47)60-52-28-13-11-26-48(52)58/h3-35H,1-2H3. The van der Waals surface area contributed by atoms with Crippen LogP contribution < -0.4 is 9.64 Å². The van der Waals surface area contributed by atoms with Crippen molar-refractivity contribution in [2.75, 3.05) is 4.90 Å². The zero-order chi connectivity index (χ0) is 40.5. The maximum Gasteiger partial charge on any atom is 0.143 e. The monoisotopic (exact) mass is 781 g/mol. The van der Waals surface area contributed by atoms with Gasteiger partial charge in [-0.1, -0.05) is 159 Å². The van der Waals surface area contributed by atoms with E-state index in [4.69, 9.17) is 9.15 Å². The van der Waals surface area contributed by atoms with Crippen molar-refractivity contribution in [3.05, 3.63) is 234 Å². The van der Waals surface area contributed by atoms with Crippen LogP contribution in [0.2, 0.25) is 0 Å². The maximum atomic E-state index is 7.09. The number of benzene rings is 9. The van der Waals surface area contributed by atoms with Crippen LogP contribution >= 0.6 is 0 Å². The molecule has 0 radical (unpaired) electrons. The van der Waals surface area contributed by atoms with Gasteiger partial charge in [-0.15, -0.1) is 0 Å². The third-order valence-electron chi connectivity index (χ3n) is 13.7. The molecule has 0 saturated carbocycles. The Hall–Kier alpha value is -7.62. The zero-order valence-electron chi connectivity index (χ0n) is 33.8. The topological polar surface area (TPSA) is 25.6 Å². The highest BCUT2D eigenvalue weighted by Crippen LogP contribution is 2.63. The van der Waals surface area contributed by atoms with Gasteiger partial charge in [-0.3, -0.25) is 0 Å². The molecule has 0 saturated heterocycles. The molecule has 3 nitrogen and oxygen atoms in total. The van der Waals surface area contributed by atoms with Gasteiger partial charge in [0, 0.05) is 49.9 Å². The van der Waals surface area contributed by atoms with Gasteiger partial charge in [0.15, 0.2) is 0 Å². The van der Waals surface area contributed by atoms with Crippen molar-refractivity contribution in [2.45, 2.75) is 24.7 Å². The molecule has 1 aliphatic heterocycles. The van der Waals surface area contributed by atoms with Gasteiger partial charge >= 0.3 is 0 Å². The van der Waals surface area contributed by atoms with Crippen LogP contribution in [0.3, 0.4) is 0 Å². The third kappa shape index (κ3) is 4.58. The number of hydrogen-bond acceptors (Lipinski definition) is 3. The lowest BCUT2D eigenvalue weighted by Crippen LogP contribution is -2.32. The highest BCUT2D eigenvalue weighted by Gasteiger charge is 2.52. The van der Waals surface area contributed by atoms with E-state index in [1.807, 2.05) is 0 Å². The first kappa shape index (κ1) is 34.3. The van der Waals surface area contributed by atoms with Crippen LogP contribution in [0.1, 0.15) is 47.2 Å². The number of nitrogens with zero attached hydrogens (tertiary/aromatic N) is 1. The van der Waals surface area contributed by atoms with Crippen molar-refractivity contribution >= 4 is 39.0 Å². The normalized spacial score (nSPS) is 14.5. The summed E-state index contributed by atoms with van der Waals surface area (Å²) < 4.78 is 13.7. The van der Waals surface area contributed by atoms with E-state index in [2.05, 4.69) is 219 Å². The second kappa shape index (κ2) is 12.5. The minimum atomic E-state index is -0.557. The molecule has 0 atom stereocenters. The fraction of sp³-hybridized carbons (Fsp3) is 0.0690. The van der Waals surface area contributed by atoms with Gasteiger partial charge in [-0.05, 0) is 105 Å². The van der Waals surface area contributed by atoms with Crippen LogP contribution in [-0.4, -0.2) is 0 Å². The van der Waals surface area contributed by atoms with Gasteiger partial charge in [0.05, 0.1) is 5.41 Å². The minimum absolute atomic E-state index is 0.109. The van der Waals surface area contributed by atoms with Gasteiger partial charge in [-0.25, -0.2) is 0 Å². The first-order valence-electron chi connectivity index (χ1n) is 21.2. The van der Waals surface area contributed by atoms with Crippen molar-refractivity contribution in [1.82, 2.24) is 0 Å². The summed E-state index contributed by atoms with van der Waals surface area (Å²) in [4.78, 5) is 2.39. The Kier molecular flexibility index (Phi) is 6.99. The van der Waals surface area contributed by atoms with Crippen molar-refractivity contribution in [3.63, 3.8) is 0 Å². The number of para-hydroxylation sites is 3. The van der Waals surface area contributed by atoms with E-state index in [1.54, 1.807) is 0 Å². The van der Waals surface area contributed by atoms with Crippen LogP contribution in [0.4, 0.5) is 17.1 Å². The summed E-state index contributed by atoms with van der Waals surface area (Å²) in [7, 11) is 0. The molecule has 0 bridgehead atoms.